The number of ether oxygens (including phenoxy) is 1. The van der Waals surface area contributed by atoms with E-state index in [0.717, 1.165) is 35.2 Å². The molecule has 0 spiro atoms. The van der Waals surface area contributed by atoms with Crippen molar-refractivity contribution < 1.29 is 18.3 Å². The second-order valence-electron chi connectivity index (χ2n) is 8.98. The molecule has 7 nitrogen and oxygen atoms in total. The summed E-state index contributed by atoms with van der Waals surface area (Å²) in [5.74, 6) is -1.40. The minimum absolute atomic E-state index is 0.156. The number of nitrogens with two attached hydrogens (primary N) is 1. The van der Waals surface area contributed by atoms with Crippen LogP contribution in [0.5, 0.6) is 0 Å². The molecule has 1 aliphatic heterocycles. The van der Waals surface area contributed by atoms with Crippen molar-refractivity contribution in [1.29, 1.82) is 0 Å². The SMILES string of the molecule is Nc1nc2cc(C(=O)N(Cc3c(F)cccc3F)[C@@H]3CCCc4cccnc43)[nH]c2c2c1COC2. The molecule has 35 heavy (non-hydrogen) atoms. The van der Waals surface area contributed by atoms with Gasteiger partial charge in [0.05, 0.1) is 42.5 Å². The van der Waals surface area contributed by atoms with Crippen LogP contribution in [0.3, 0.4) is 0 Å². The summed E-state index contributed by atoms with van der Waals surface area (Å²) in [5, 5.41) is 0. The summed E-state index contributed by atoms with van der Waals surface area (Å²) in [6.45, 7) is 0.510. The number of nitrogen functional groups attached to an aromatic ring is 1. The Hall–Kier alpha value is -3.85. The van der Waals surface area contributed by atoms with E-state index < -0.39 is 17.7 Å². The van der Waals surface area contributed by atoms with Crippen LogP contribution in [-0.2, 0) is 30.9 Å². The van der Waals surface area contributed by atoms with E-state index in [4.69, 9.17) is 10.5 Å². The van der Waals surface area contributed by atoms with Gasteiger partial charge in [0.1, 0.15) is 23.1 Å². The molecule has 4 heterocycles. The molecule has 1 atom stereocenters. The van der Waals surface area contributed by atoms with Gasteiger partial charge in [0, 0.05) is 22.9 Å². The van der Waals surface area contributed by atoms with Crippen LogP contribution in [0, 0.1) is 11.6 Å². The Balaban J connectivity index is 1.46. The van der Waals surface area contributed by atoms with E-state index in [0.29, 0.717) is 36.5 Å². The van der Waals surface area contributed by atoms with Crippen molar-refractivity contribution in [3.63, 3.8) is 0 Å². The maximum absolute atomic E-state index is 14.7. The highest BCUT2D eigenvalue weighted by atomic mass is 19.1. The van der Waals surface area contributed by atoms with Gasteiger partial charge in [0.25, 0.3) is 5.91 Å². The maximum atomic E-state index is 14.7. The number of aromatic amines is 1. The van der Waals surface area contributed by atoms with E-state index in [1.807, 2.05) is 12.1 Å². The first kappa shape index (κ1) is 21.7. The second-order valence-corrected chi connectivity index (χ2v) is 8.98. The Morgan fingerprint density at radius 2 is 1.97 bits per heavy atom. The molecule has 1 amide bonds. The number of fused-ring (bicyclic) bond motifs is 4. The number of carbonyl (C=O) groups is 1. The summed E-state index contributed by atoms with van der Waals surface area (Å²) >= 11 is 0. The number of aryl methyl sites for hydroxylation is 1. The maximum Gasteiger partial charge on any atom is 0.271 e. The number of nitrogens with one attached hydrogen (secondary N) is 1. The molecule has 0 fully saturated rings. The van der Waals surface area contributed by atoms with E-state index in [1.54, 1.807) is 12.3 Å². The first-order valence-electron chi connectivity index (χ1n) is 11.6. The van der Waals surface area contributed by atoms with Crippen LogP contribution in [-0.4, -0.2) is 25.8 Å². The van der Waals surface area contributed by atoms with Gasteiger partial charge in [0.15, 0.2) is 0 Å². The first-order valence-corrected chi connectivity index (χ1v) is 11.6. The average molecular weight is 475 g/mol. The smallest absolute Gasteiger partial charge is 0.271 e. The van der Waals surface area contributed by atoms with E-state index in [1.165, 1.54) is 23.1 Å². The zero-order valence-electron chi connectivity index (χ0n) is 18.9. The summed E-state index contributed by atoms with van der Waals surface area (Å²) in [6, 6.07) is 8.78. The molecule has 1 aliphatic carbocycles. The van der Waals surface area contributed by atoms with Gasteiger partial charge in [-0.15, -0.1) is 0 Å². The fraction of sp³-hybridized carbons (Fsp3) is 0.269. The predicted molar refractivity (Wildman–Crippen MR) is 125 cm³/mol. The lowest BCUT2D eigenvalue weighted by Gasteiger charge is -2.35. The standard InChI is InChI=1S/C26H23F2N5O2/c27-18-6-2-7-19(28)15(18)11-33(22-8-1-4-14-5-3-9-30-23(14)22)26(34)21-10-20-24(31-21)16-12-35-13-17(16)25(29)32-20/h2-3,5-7,9-10,22,31H,1,4,8,11-13H2,(H2,29,32)/t22-/m1/s1. The van der Waals surface area contributed by atoms with Gasteiger partial charge in [-0.1, -0.05) is 12.1 Å². The van der Waals surface area contributed by atoms with Gasteiger partial charge in [-0.3, -0.25) is 9.78 Å². The van der Waals surface area contributed by atoms with Crippen molar-refractivity contribution in [2.24, 2.45) is 0 Å². The number of aromatic nitrogens is 3. The van der Waals surface area contributed by atoms with Crippen molar-refractivity contribution in [2.75, 3.05) is 5.73 Å². The summed E-state index contributed by atoms with van der Waals surface area (Å²) in [6.07, 6.45) is 4.00. The summed E-state index contributed by atoms with van der Waals surface area (Å²) in [7, 11) is 0. The summed E-state index contributed by atoms with van der Waals surface area (Å²) in [5.41, 5.74) is 10.9. The number of benzene rings is 1. The van der Waals surface area contributed by atoms with Crippen molar-refractivity contribution in [2.45, 2.75) is 45.1 Å². The monoisotopic (exact) mass is 475 g/mol. The molecule has 1 aromatic carbocycles. The van der Waals surface area contributed by atoms with Crippen molar-refractivity contribution in [3.8, 4) is 0 Å². The van der Waals surface area contributed by atoms with E-state index >= 15 is 0 Å². The molecule has 3 N–H and O–H groups in total. The van der Waals surface area contributed by atoms with Crippen LogP contribution in [0.2, 0.25) is 0 Å². The zero-order chi connectivity index (χ0) is 24.1. The molecule has 9 heteroatoms. The van der Waals surface area contributed by atoms with Gasteiger partial charge in [-0.25, -0.2) is 13.8 Å². The molecule has 2 aliphatic rings. The number of hydrogen-bond donors (Lipinski definition) is 2. The van der Waals surface area contributed by atoms with E-state index in [-0.39, 0.29) is 23.7 Å². The number of nitrogens with zero attached hydrogens (tertiary/aromatic N) is 3. The fourth-order valence-electron chi connectivity index (χ4n) is 5.18. The topological polar surface area (TPSA) is 97.1 Å². The number of pyridine rings is 2. The third-order valence-electron chi connectivity index (χ3n) is 6.93. The van der Waals surface area contributed by atoms with Gasteiger partial charge in [-0.05, 0) is 49.1 Å². The average Bonchev–Trinajstić information content (AvgIpc) is 3.51. The first-order chi connectivity index (χ1) is 17.0. The molecular weight excluding hydrogens is 452 g/mol. The molecule has 0 unspecified atom stereocenters. The molecule has 6 rings (SSSR count). The Labute approximate surface area is 199 Å². The third-order valence-corrected chi connectivity index (χ3v) is 6.93. The number of H-pyrrole nitrogens is 1. The molecule has 0 saturated heterocycles. The van der Waals surface area contributed by atoms with Gasteiger partial charge < -0.3 is 20.4 Å². The fourth-order valence-corrected chi connectivity index (χ4v) is 5.18. The second kappa shape index (κ2) is 8.42. The molecule has 0 saturated carbocycles. The molecule has 4 aromatic rings. The summed E-state index contributed by atoms with van der Waals surface area (Å²) in [4.78, 5) is 27.6. The van der Waals surface area contributed by atoms with Crippen LogP contribution < -0.4 is 5.73 Å². The molecule has 3 aromatic heterocycles. The van der Waals surface area contributed by atoms with Crippen LogP contribution in [0.15, 0.2) is 42.6 Å². The number of rotatable bonds is 4. The number of halogens is 2. The van der Waals surface area contributed by atoms with Crippen molar-refractivity contribution >= 4 is 22.8 Å². The van der Waals surface area contributed by atoms with Crippen LogP contribution in [0.4, 0.5) is 14.6 Å². The molecule has 178 valence electrons. The number of carbonyl (C=O) groups excluding carboxylic acids is 1. The Kier molecular flexibility index (Phi) is 5.21. The normalized spacial score (nSPS) is 16.8. The minimum Gasteiger partial charge on any atom is -0.383 e. The highest BCUT2D eigenvalue weighted by Gasteiger charge is 2.33. The quantitative estimate of drug-likeness (QED) is 0.451. The van der Waals surface area contributed by atoms with Crippen molar-refractivity contribution in [3.05, 3.63) is 87.9 Å². The highest BCUT2D eigenvalue weighted by molar-refractivity contribution is 5.98. The molecular formula is C26H23F2N5O2. The van der Waals surface area contributed by atoms with Gasteiger partial charge >= 0.3 is 0 Å². The number of hydrogen-bond acceptors (Lipinski definition) is 5. The lowest BCUT2D eigenvalue weighted by atomic mass is 9.90. The Morgan fingerprint density at radius 1 is 1.17 bits per heavy atom. The van der Waals surface area contributed by atoms with Crippen LogP contribution >= 0.6 is 0 Å². The zero-order valence-corrected chi connectivity index (χ0v) is 18.9. The minimum atomic E-state index is -0.694. The van der Waals surface area contributed by atoms with Gasteiger partial charge in [-0.2, -0.15) is 0 Å². The van der Waals surface area contributed by atoms with E-state index in [2.05, 4.69) is 15.0 Å². The molecule has 0 bridgehead atoms. The lowest BCUT2D eigenvalue weighted by molar-refractivity contribution is 0.0623. The van der Waals surface area contributed by atoms with Gasteiger partial charge in [0.2, 0.25) is 0 Å². The number of anilines is 1. The number of amides is 1. The largest absolute Gasteiger partial charge is 0.383 e. The third kappa shape index (κ3) is 3.63. The van der Waals surface area contributed by atoms with Crippen molar-refractivity contribution in [1.82, 2.24) is 19.9 Å². The highest BCUT2D eigenvalue weighted by Crippen LogP contribution is 2.36. The van der Waals surface area contributed by atoms with Crippen LogP contribution in [0.1, 0.15) is 57.3 Å². The lowest BCUT2D eigenvalue weighted by Crippen LogP contribution is -2.37. The van der Waals surface area contributed by atoms with Crippen LogP contribution in [0.25, 0.3) is 11.0 Å². The summed E-state index contributed by atoms with van der Waals surface area (Å²) < 4.78 is 34.9. The molecule has 0 radical (unpaired) electrons. The Morgan fingerprint density at radius 3 is 2.80 bits per heavy atom. The Bertz CT molecular complexity index is 1450. The van der Waals surface area contributed by atoms with E-state index in [9.17, 15) is 13.6 Å². The predicted octanol–water partition coefficient (Wildman–Crippen LogP) is 4.57.